The van der Waals surface area contributed by atoms with Crippen molar-refractivity contribution in [1.29, 1.82) is 0 Å². The van der Waals surface area contributed by atoms with Gasteiger partial charge in [-0.2, -0.15) is 5.10 Å². The van der Waals surface area contributed by atoms with Crippen molar-refractivity contribution in [3.63, 3.8) is 0 Å². The Morgan fingerprint density at radius 3 is 2.36 bits per heavy atom. The van der Waals surface area contributed by atoms with E-state index >= 15 is 0 Å². The van der Waals surface area contributed by atoms with Gasteiger partial charge in [-0.25, -0.2) is 0 Å². The Balaban J connectivity index is 1.55. The number of carbonyl (C=O) groups excluding carboxylic acids is 1. The highest BCUT2D eigenvalue weighted by molar-refractivity contribution is 6.31. The Morgan fingerprint density at radius 2 is 1.80 bits per heavy atom. The van der Waals surface area contributed by atoms with Gasteiger partial charge in [0.25, 0.3) is 0 Å². The lowest BCUT2D eigenvalue weighted by Crippen LogP contribution is -2.50. The maximum Gasteiger partial charge on any atom is 0.247 e. The normalized spacial score (nSPS) is 16.9. The number of benzene rings is 1. The van der Waals surface area contributed by atoms with Gasteiger partial charge in [-0.15, -0.1) is 0 Å². The Morgan fingerprint density at radius 1 is 1.16 bits per heavy atom. The highest BCUT2D eigenvalue weighted by Gasteiger charge is 2.27. The molecule has 1 aromatic heterocycles. The van der Waals surface area contributed by atoms with Crippen molar-refractivity contribution in [3.8, 4) is 0 Å². The fourth-order valence-electron chi connectivity index (χ4n) is 3.14. The zero-order valence-electron chi connectivity index (χ0n) is 14.5. The molecule has 0 aliphatic carbocycles. The topological polar surface area (TPSA) is 41.4 Å². The first-order valence-corrected chi connectivity index (χ1v) is 9.16. The summed E-state index contributed by atoms with van der Waals surface area (Å²) in [5.74, 6) is 0.0917. The molecule has 1 amide bonds. The first kappa shape index (κ1) is 18.2. The molecule has 134 valence electrons. The molecule has 25 heavy (non-hydrogen) atoms. The van der Waals surface area contributed by atoms with Gasteiger partial charge in [0.2, 0.25) is 5.91 Å². The molecule has 1 atom stereocenters. The predicted octanol–water partition coefficient (Wildman–Crippen LogP) is 3.40. The second kappa shape index (κ2) is 7.77. The van der Waals surface area contributed by atoms with Gasteiger partial charge in [0.05, 0.1) is 16.9 Å². The molecule has 0 saturated carbocycles. The van der Waals surface area contributed by atoms with Gasteiger partial charge < -0.3 is 4.90 Å². The molecule has 2 aromatic rings. The van der Waals surface area contributed by atoms with E-state index in [0.717, 1.165) is 43.4 Å². The van der Waals surface area contributed by atoms with Crippen LogP contribution in [0.5, 0.6) is 0 Å². The largest absolute Gasteiger partial charge is 0.338 e. The lowest BCUT2D eigenvalue weighted by molar-refractivity contribution is -0.136. The molecule has 2 heterocycles. The number of amides is 1. The summed E-state index contributed by atoms with van der Waals surface area (Å²) in [6, 6.07) is 7.58. The van der Waals surface area contributed by atoms with Crippen molar-refractivity contribution in [2.24, 2.45) is 0 Å². The molecule has 1 fully saturated rings. The highest BCUT2D eigenvalue weighted by Crippen LogP contribution is 2.20. The first-order chi connectivity index (χ1) is 12.0. The van der Waals surface area contributed by atoms with E-state index < -0.39 is 0 Å². The van der Waals surface area contributed by atoms with Crippen molar-refractivity contribution in [2.45, 2.75) is 26.4 Å². The maximum atomic E-state index is 12.8. The molecule has 1 unspecified atom stereocenters. The third-order valence-electron chi connectivity index (χ3n) is 4.71. The van der Waals surface area contributed by atoms with E-state index in [1.807, 2.05) is 43.0 Å². The number of nitrogens with zero attached hydrogens (tertiary/aromatic N) is 4. The van der Waals surface area contributed by atoms with Crippen LogP contribution in [0.25, 0.3) is 0 Å². The number of hydrogen-bond acceptors (Lipinski definition) is 3. The van der Waals surface area contributed by atoms with Gasteiger partial charge in [-0.05, 0) is 31.5 Å². The fourth-order valence-corrected chi connectivity index (χ4v) is 3.39. The number of aromatic nitrogens is 2. The lowest BCUT2D eigenvalue weighted by Gasteiger charge is -2.36. The minimum absolute atomic E-state index is 0.0917. The summed E-state index contributed by atoms with van der Waals surface area (Å²) in [5, 5.41) is 5.57. The number of piperazine rings is 1. The van der Waals surface area contributed by atoms with E-state index in [9.17, 15) is 4.79 Å². The van der Waals surface area contributed by atoms with Crippen molar-refractivity contribution >= 4 is 29.1 Å². The molecule has 3 rings (SSSR count). The molecule has 5 nitrogen and oxygen atoms in total. The van der Waals surface area contributed by atoms with E-state index in [1.165, 1.54) is 5.56 Å². The van der Waals surface area contributed by atoms with Crippen LogP contribution in [-0.4, -0.2) is 51.7 Å². The number of halogens is 2. The second-order valence-electron chi connectivity index (χ2n) is 6.43. The third-order valence-corrected chi connectivity index (χ3v) is 5.34. The van der Waals surface area contributed by atoms with Crippen LogP contribution >= 0.6 is 23.2 Å². The Labute approximate surface area is 158 Å². The Kier molecular flexibility index (Phi) is 5.67. The fraction of sp³-hybridized carbons (Fsp3) is 0.444. The van der Waals surface area contributed by atoms with E-state index in [4.69, 9.17) is 23.2 Å². The molecule has 1 saturated heterocycles. The minimum atomic E-state index is -0.338. The predicted molar refractivity (Wildman–Crippen MR) is 100.0 cm³/mol. The molecular formula is C18H22Cl2N4O. The first-order valence-electron chi connectivity index (χ1n) is 8.41. The Hall–Kier alpha value is -1.56. The van der Waals surface area contributed by atoms with E-state index in [-0.39, 0.29) is 11.9 Å². The SMILES string of the molecule is Cc1c(Cl)cnn1C(C)C(=O)N1CCN(Cc2ccc(Cl)cc2)CC1. The summed E-state index contributed by atoms with van der Waals surface area (Å²) in [5.41, 5.74) is 2.06. The van der Waals surface area contributed by atoms with E-state index in [0.29, 0.717) is 5.02 Å². The minimum Gasteiger partial charge on any atom is -0.338 e. The van der Waals surface area contributed by atoms with Crippen LogP contribution in [0.4, 0.5) is 0 Å². The maximum absolute atomic E-state index is 12.8. The average molecular weight is 381 g/mol. The quantitative estimate of drug-likeness (QED) is 0.815. The summed E-state index contributed by atoms with van der Waals surface area (Å²) in [6.07, 6.45) is 1.59. The summed E-state index contributed by atoms with van der Waals surface area (Å²) < 4.78 is 1.70. The van der Waals surface area contributed by atoms with Crippen LogP contribution in [0.2, 0.25) is 10.0 Å². The van der Waals surface area contributed by atoms with Gasteiger partial charge in [0, 0.05) is 37.7 Å². The Bertz CT molecular complexity index is 736. The van der Waals surface area contributed by atoms with Crippen molar-refractivity contribution in [1.82, 2.24) is 19.6 Å². The highest BCUT2D eigenvalue weighted by atomic mass is 35.5. The third kappa shape index (κ3) is 4.17. The van der Waals surface area contributed by atoms with E-state index in [1.54, 1.807) is 10.9 Å². The zero-order valence-corrected chi connectivity index (χ0v) is 16.0. The molecular weight excluding hydrogens is 359 g/mol. The molecule has 0 N–H and O–H groups in total. The van der Waals surface area contributed by atoms with Crippen molar-refractivity contribution < 1.29 is 4.79 Å². The van der Waals surface area contributed by atoms with Crippen LogP contribution in [-0.2, 0) is 11.3 Å². The van der Waals surface area contributed by atoms with Gasteiger partial charge >= 0.3 is 0 Å². The van der Waals surface area contributed by atoms with Gasteiger partial charge in [0.1, 0.15) is 6.04 Å². The van der Waals surface area contributed by atoms with Crippen molar-refractivity contribution in [2.75, 3.05) is 26.2 Å². The van der Waals surface area contributed by atoms with Gasteiger partial charge in [0.15, 0.2) is 0 Å². The molecule has 0 bridgehead atoms. The monoisotopic (exact) mass is 380 g/mol. The van der Waals surface area contributed by atoms with Crippen LogP contribution in [0, 0.1) is 6.92 Å². The van der Waals surface area contributed by atoms with Gasteiger partial charge in [-0.3, -0.25) is 14.4 Å². The molecule has 1 aliphatic rings. The molecule has 0 spiro atoms. The summed E-state index contributed by atoms with van der Waals surface area (Å²) >= 11 is 12.0. The zero-order chi connectivity index (χ0) is 18.0. The summed E-state index contributed by atoms with van der Waals surface area (Å²) in [4.78, 5) is 17.0. The number of carbonyl (C=O) groups is 1. The standard InChI is InChI=1S/C18H22Cl2N4O/c1-13-17(20)11-21-24(13)14(2)18(25)23-9-7-22(8-10-23)12-15-3-5-16(19)6-4-15/h3-6,11,14H,7-10,12H2,1-2H3. The number of hydrogen-bond donors (Lipinski definition) is 0. The summed E-state index contributed by atoms with van der Waals surface area (Å²) in [7, 11) is 0. The lowest BCUT2D eigenvalue weighted by atomic mass is 10.2. The molecule has 0 radical (unpaired) electrons. The van der Waals surface area contributed by atoms with Crippen LogP contribution in [0.1, 0.15) is 24.2 Å². The van der Waals surface area contributed by atoms with E-state index in [2.05, 4.69) is 10.00 Å². The number of rotatable bonds is 4. The average Bonchev–Trinajstić information content (AvgIpc) is 2.95. The molecule has 1 aromatic carbocycles. The second-order valence-corrected chi connectivity index (χ2v) is 7.27. The van der Waals surface area contributed by atoms with Crippen LogP contribution in [0.3, 0.4) is 0 Å². The molecule has 7 heteroatoms. The summed E-state index contributed by atoms with van der Waals surface area (Å²) in [6.45, 7) is 7.81. The van der Waals surface area contributed by atoms with Crippen LogP contribution in [0.15, 0.2) is 30.5 Å². The molecule has 1 aliphatic heterocycles. The van der Waals surface area contributed by atoms with Crippen LogP contribution < -0.4 is 0 Å². The van der Waals surface area contributed by atoms with Gasteiger partial charge in [-0.1, -0.05) is 35.3 Å². The smallest absolute Gasteiger partial charge is 0.247 e. The van der Waals surface area contributed by atoms with Crippen molar-refractivity contribution in [3.05, 3.63) is 51.8 Å².